The van der Waals surface area contributed by atoms with Crippen LogP contribution in [0, 0.1) is 6.92 Å². The van der Waals surface area contributed by atoms with Crippen LogP contribution in [0.25, 0.3) is 0 Å². The van der Waals surface area contributed by atoms with Crippen LogP contribution in [0.3, 0.4) is 0 Å². The van der Waals surface area contributed by atoms with Gasteiger partial charge in [0.2, 0.25) is 0 Å². The maximum atomic E-state index is 11.8. The van der Waals surface area contributed by atoms with E-state index < -0.39 is 9.84 Å². The largest absolute Gasteiger partial charge is 0.383 e. The minimum absolute atomic E-state index is 0.124. The van der Waals surface area contributed by atoms with Gasteiger partial charge in [0.25, 0.3) is 0 Å². The SMILES string of the molecule is Cc1cccc2c1N1CCS(=O)(=O)CC1CCN2. The fourth-order valence-electron chi connectivity index (χ4n) is 2.98. The van der Waals surface area contributed by atoms with Crippen LogP contribution in [-0.2, 0) is 9.84 Å². The highest BCUT2D eigenvalue weighted by molar-refractivity contribution is 7.91. The summed E-state index contributed by atoms with van der Waals surface area (Å²) in [7, 11) is -2.85. The number of rotatable bonds is 0. The van der Waals surface area contributed by atoms with Crippen LogP contribution in [-0.4, -0.2) is 39.1 Å². The molecule has 4 nitrogen and oxygen atoms in total. The van der Waals surface area contributed by atoms with E-state index in [-0.39, 0.29) is 11.8 Å². The van der Waals surface area contributed by atoms with E-state index in [4.69, 9.17) is 0 Å². The lowest BCUT2D eigenvalue weighted by Gasteiger charge is -2.37. The highest BCUT2D eigenvalue weighted by Crippen LogP contribution is 2.35. The second-order valence-electron chi connectivity index (χ2n) is 5.15. The molecule has 0 saturated carbocycles. The van der Waals surface area contributed by atoms with Crippen molar-refractivity contribution in [3.8, 4) is 0 Å². The fourth-order valence-corrected chi connectivity index (χ4v) is 4.55. The number of hydrogen-bond donors (Lipinski definition) is 1. The van der Waals surface area contributed by atoms with Gasteiger partial charge in [-0.15, -0.1) is 0 Å². The first kappa shape index (κ1) is 11.8. The molecular formula is C13H18N2O2S. The predicted molar refractivity (Wildman–Crippen MR) is 74.1 cm³/mol. The van der Waals surface area contributed by atoms with Gasteiger partial charge in [0.05, 0.1) is 22.9 Å². The van der Waals surface area contributed by atoms with Gasteiger partial charge in [-0.1, -0.05) is 12.1 Å². The zero-order chi connectivity index (χ0) is 12.8. The third-order valence-electron chi connectivity index (χ3n) is 3.85. The normalized spacial score (nSPS) is 25.6. The summed E-state index contributed by atoms with van der Waals surface area (Å²) >= 11 is 0. The van der Waals surface area contributed by atoms with Crippen LogP contribution in [0.4, 0.5) is 11.4 Å². The van der Waals surface area contributed by atoms with Crippen molar-refractivity contribution in [3.05, 3.63) is 23.8 Å². The van der Waals surface area contributed by atoms with Crippen LogP contribution in [0.15, 0.2) is 18.2 Å². The Bertz CT molecular complexity index is 568. The number of sulfone groups is 1. The quantitative estimate of drug-likeness (QED) is 0.771. The van der Waals surface area contributed by atoms with Crippen molar-refractivity contribution in [1.82, 2.24) is 0 Å². The fraction of sp³-hybridized carbons (Fsp3) is 0.538. The Hall–Kier alpha value is -1.23. The molecule has 1 N–H and O–H groups in total. The highest BCUT2D eigenvalue weighted by atomic mass is 32.2. The molecule has 1 unspecified atom stereocenters. The van der Waals surface area contributed by atoms with Crippen LogP contribution in [0.5, 0.6) is 0 Å². The lowest BCUT2D eigenvalue weighted by molar-refractivity contribution is 0.549. The number of fused-ring (bicyclic) bond motifs is 3. The van der Waals surface area contributed by atoms with Crippen molar-refractivity contribution in [3.63, 3.8) is 0 Å². The van der Waals surface area contributed by atoms with E-state index in [1.54, 1.807) is 0 Å². The van der Waals surface area contributed by atoms with Crippen molar-refractivity contribution in [1.29, 1.82) is 0 Å². The third kappa shape index (κ3) is 1.96. The molecular weight excluding hydrogens is 248 g/mol. The van der Waals surface area contributed by atoms with Crippen molar-refractivity contribution >= 4 is 21.2 Å². The smallest absolute Gasteiger partial charge is 0.154 e. The second-order valence-corrected chi connectivity index (χ2v) is 7.38. The van der Waals surface area contributed by atoms with Gasteiger partial charge in [0.1, 0.15) is 0 Å². The Balaban J connectivity index is 2.05. The maximum Gasteiger partial charge on any atom is 0.154 e. The minimum Gasteiger partial charge on any atom is -0.383 e. The number of para-hydroxylation sites is 1. The summed E-state index contributed by atoms with van der Waals surface area (Å²) in [6.07, 6.45) is 0.882. The van der Waals surface area contributed by atoms with Crippen molar-refractivity contribution in [2.75, 3.05) is 34.8 Å². The Morgan fingerprint density at radius 3 is 3.06 bits per heavy atom. The number of benzene rings is 1. The molecule has 1 aromatic carbocycles. The first-order valence-corrected chi connectivity index (χ1v) is 8.19. The van der Waals surface area contributed by atoms with E-state index in [9.17, 15) is 8.42 Å². The topological polar surface area (TPSA) is 49.4 Å². The Labute approximate surface area is 108 Å². The van der Waals surface area contributed by atoms with Crippen LogP contribution < -0.4 is 10.2 Å². The van der Waals surface area contributed by atoms with E-state index in [0.29, 0.717) is 12.3 Å². The third-order valence-corrected chi connectivity index (χ3v) is 5.55. The van der Waals surface area contributed by atoms with Crippen molar-refractivity contribution < 1.29 is 8.42 Å². The molecule has 2 aliphatic rings. The molecule has 2 aliphatic heterocycles. The van der Waals surface area contributed by atoms with Gasteiger partial charge >= 0.3 is 0 Å². The molecule has 18 heavy (non-hydrogen) atoms. The first-order valence-electron chi connectivity index (χ1n) is 6.37. The highest BCUT2D eigenvalue weighted by Gasteiger charge is 2.34. The molecule has 0 spiro atoms. The van der Waals surface area contributed by atoms with Crippen molar-refractivity contribution in [2.45, 2.75) is 19.4 Å². The van der Waals surface area contributed by atoms with Gasteiger partial charge < -0.3 is 10.2 Å². The Morgan fingerprint density at radius 1 is 1.39 bits per heavy atom. The van der Waals surface area contributed by atoms with E-state index >= 15 is 0 Å². The molecule has 5 heteroatoms. The molecule has 3 rings (SSSR count). The summed E-state index contributed by atoms with van der Waals surface area (Å²) in [5, 5.41) is 3.41. The Kier molecular flexibility index (Phi) is 2.73. The van der Waals surface area contributed by atoms with Crippen LogP contribution in [0.1, 0.15) is 12.0 Å². The molecule has 1 saturated heterocycles. The monoisotopic (exact) mass is 266 g/mol. The number of nitrogens with one attached hydrogen (secondary N) is 1. The van der Waals surface area contributed by atoms with Gasteiger partial charge in [-0.2, -0.15) is 0 Å². The summed E-state index contributed by atoms with van der Waals surface area (Å²) < 4.78 is 23.5. The zero-order valence-corrected chi connectivity index (χ0v) is 11.3. The van der Waals surface area contributed by atoms with Gasteiger partial charge in [-0.25, -0.2) is 8.42 Å². The van der Waals surface area contributed by atoms with E-state index in [1.807, 2.05) is 6.07 Å². The number of hydrogen-bond acceptors (Lipinski definition) is 4. The average molecular weight is 266 g/mol. The zero-order valence-electron chi connectivity index (χ0n) is 10.5. The van der Waals surface area contributed by atoms with E-state index in [2.05, 4.69) is 29.3 Å². The molecule has 0 aromatic heterocycles. The molecule has 0 aliphatic carbocycles. The van der Waals surface area contributed by atoms with Gasteiger partial charge in [-0.3, -0.25) is 0 Å². The minimum atomic E-state index is -2.85. The summed E-state index contributed by atoms with van der Waals surface area (Å²) in [5.74, 6) is 0.569. The molecule has 0 amide bonds. The molecule has 0 bridgehead atoms. The molecule has 1 aromatic rings. The maximum absolute atomic E-state index is 11.8. The average Bonchev–Trinajstić information content (AvgIpc) is 2.47. The van der Waals surface area contributed by atoms with Gasteiger partial charge in [0.15, 0.2) is 9.84 Å². The van der Waals surface area contributed by atoms with Gasteiger partial charge in [0, 0.05) is 19.1 Å². The number of aryl methyl sites for hydroxylation is 1. The summed E-state index contributed by atoms with van der Waals surface area (Å²) in [4.78, 5) is 2.28. The van der Waals surface area contributed by atoms with Crippen LogP contribution in [0.2, 0.25) is 0 Å². The molecule has 1 fully saturated rings. The predicted octanol–water partition coefficient (Wildman–Crippen LogP) is 1.41. The molecule has 1 atom stereocenters. The van der Waals surface area contributed by atoms with E-state index in [0.717, 1.165) is 18.7 Å². The first-order chi connectivity index (χ1) is 8.57. The molecule has 98 valence electrons. The van der Waals surface area contributed by atoms with Gasteiger partial charge in [-0.05, 0) is 25.0 Å². The lowest BCUT2D eigenvalue weighted by atomic mass is 10.1. The summed E-state index contributed by atoms with van der Waals surface area (Å²) in [6, 6.07) is 6.33. The summed E-state index contributed by atoms with van der Waals surface area (Å²) in [6.45, 7) is 3.55. The van der Waals surface area contributed by atoms with Crippen LogP contribution >= 0.6 is 0 Å². The summed E-state index contributed by atoms with van der Waals surface area (Å²) in [5.41, 5.74) is 3.54. The lowest BCUT2D eigenvalue weighted by Crippen LogP contribution is -2.48. The molecule has 2 heterocycles. The Morgan fingerprint density at radius 2 is 2.22 bits per heavy atom. The standard InChI is InChI=1S/C13H18N2O2S/c1-10-3-2-4-12-13(10)15-7-8-18(16,17)9-11(15)5-6-14-12/h2-4,11,14H,5-9H2,1H3. The number of anilines is 2. The van der Waals surface area contributed by atoms with E-state index in [1.165, 1.54) is 11.3 Å². The van der Waals surface area contributed by atoms with Crippen molar-refractivity contribution in [2.24, 2.45) is 0 Å². The second kappa shape index (κ2) is 4.16. The number of nitrogens with zero attached hydrogens (tertiary/aromatic N) is 1. The molecule has 0 radical (unpaired) electrons.